The quantitative estimate of drug-likeness (QED) is 0.628. The van der Waals surface area contributed by atoms with E-state index in [1.54, 1.807) is 6.21 Å². The number of rotatable bonds is 2. The van der Waals surface area contributed by atoms with Crippen molar-refractivity contribution >= 4 is 18.2 Å². The summed E-state index contributed by atoms with van der Waals surface area (Å²) in [5.41, 5.74) is 0.814. The van der Waals surface area contributed by atoms with Gasteiger partial charge in [-0.3, -0.25) is 4.79 Å². The van der Waals surface area contributed by atoms with E-state index in [1.807, 2.05) is 0 Å². The topological polar surface area (TPSA) is 61.8 Å². The minimum atomic E-state index is -0.686. The molecule has 1 saturated heterocycles. The zero-order chi connectivity index (χ0) is 16.2. The Bertz CT molecular complexity index is 614. The number of amides is 3. The lowest BCUT2D eigenvalue weighted by molar-refractivity contribution is -0.132. The van der Waals surface area contributed by atoms with Crippen LogP contribution in [0.1, 0.15) is 58.8 Å². The van der Waals surface area contributed by atoms with Gasteiger partial charge in [0.2, 0.25) is 0 Å². The SMILES string of the molecule is CC1(C)[C@H]2CC=C(/C=N\N3C(=O)NC4(CCCCC4)C3=O)[C@@H]1C2. The Morgan fingerprint density at radius 2 is 2.00 bits per heavy atom. The maximum atomic E-state index is 12.7. The van der Waals surface area contributed by atoms with Crippen molar-refractivity contribution in [3.05, 3.63) is 11.6 Å². The minimum absolute atomic E-state index is 0.166. The fourth-order valence-electron chi connectivity index (χ4n) is 4.87. The van der Waals surface area contributed by atoms with Gasteiger partial charge >= 0.3 is 6.03 Å². The van der Waals surface area contributed by atoms with Crippen LogP contribution in [0, 0.1) is 17.3 Å². The molecule has 0 aromatic rings. The number of nitrogens with one attached hydrogen (secondary N) is 1. The summed E-state index contributed by atoms with van der Waals surface area (Å²) in [7, 11) is 0. The number of hydrazone groups is 1. The molecule has 1 spiro atoms. The van der Waals surface area contributed by atoms with Crippen molar-refractivity contribution in [1.82, 2.24) is 10.3 Å². The second-order valence-electron chi connectivity index (χ2n) is 8.18. The summed E-state index contributed by atoms with van der Waals surface area (Å²) in [6.07, 6.45) is 10.9. The molecule has 2 atom stereocenters. The molecule has 5 rings (SSSR count). The number of fused-ring (bicyclic) bond motifs is 1. The van der Waals surface area contributed by atoms with Gasteiger partial charge in [-0.25, -0.2) is 4.79 Å². The highest BCUT2D eigenvalue weighted by Crippen LogP contribution is 2.58. The number of nitrogens with zero attached hydrogens (tertiary/aromatic N) is 2. The van der Waals surface area contributed by atoms with Crippen LogP contribution in [0.3, 0.4) is 0 Å². The molecule has 5 heteroatoms. The van der Waals surface area contributed by atoms with Crippen molar-refractivity contribution in [3.63, 3.8) is 0 Å². The summed E-state index contributed by atoms with van der Waals surface area (Å²) >= 11 is 0. The standard InChI is InChI=1S/C18H25N3O2/c1-17(2)13-7-6-12(14(17)10-13)11-19-21-15(22)18(20-16(21)23)8-4-3-5-9-18/h6,11,13-14H,3-5,7-10H2,1-2H3,(H,20,23)/b19-11-/t13-,14-/m0/s1. The van der Waals surface area contributed by atoms with Crippen molar-refractivity contribution in [2.45, 2.75) is 64.3 Å². The molecule has 3 amide bonds. The first-order chi connectivity index (χ1) is 10.9. The largest absolute Gasteiger partial charge is 0.346 e. The fourth-order valence-corrected chi connectivity index (χ4v) is 4.87. The third-order valence-electron chi connectivity index (χ3n) is 6.68. The van der Waals surface area contributed by atoms with E-state index in [1.165, 1.54) is 12.0 Å². The van der Waals surface area contributed by atoms with E-state index in [0.29, 0.717) is 11.3 Å². The van der Waals surface area contributed by atoms with Crippen LogP contribution in [0.25, 0.3) is 0 Å². The van der Waals surface area contributed by atoms with E-state index in [-0.39, 0.29) is 11.9 Å². The van der Waals surface area contributed by atoms with Gasteiger partial charge in [-0.15, -0.1) is 5.01 Å². The van der Waals surface area contributed by atoms with Crippen LogP contribution in [0.15, 0.2) is 16.8 Å². The molecule has 1 heterocycles. The maximum absolute atomic E-state index is 12.7. The van der Waals surface area contributed by atoms with Crippen LogP contribution in [0.4, 0.5) is 4.79 Å². The zero-order valence-corrected chi connectivity index (χ0v) is 14.0. The lowest BCUT2D eigenvalue weighted by atomic mass is 9.49. The van der Waals surface area contributed by atoms with Gasteiger partial charge in [0.1, 0.15) is 5.54 Å². The van der Waals surface area contributed by atoms with Crippen LogP contribution in [0.5, 0.6) is 0 Å². The predicted octanol–water partition coefficient (Wildman–Crippen LogP) is 3.22. The van der Waals surface area contributed by atoms with Gasteiger partial charge in [0.05, 0.1) is 6.21 Å². The summed E-state index contributed by atoms with van der Waals surface area (Å²) in [4.78, 5) is 24.9. The summed E-state index contributed by atoms with van der Waals surface area (Å²) in [5, 5.41) is 8.24. The summed E-state index contributed by atoms with van der Waals surface area (Å²) in [6, 6.07) is -0.365. The molecule has 0 aromatic carbocycles. The smallest absolute Gasteiger partial charge is 0.321 e. The molecule has 1 aliphatic heterocycles. The molecule has 0 unspecified atom stereocenters. The Kier molecular flexibility index (Phi) is 3.19. The van der Waals surface area contributed by atoms with Gasteiger partial charge in [0.15, 0.2) is 0 Å². The normalized spacial score (nSPS) is 34.5. The molecule has 0 aromatic heterocycles. The first kappa shape index (κ1) is 14.9. The number of imide groups is 1. The monoisotopic (exact) mass is 315 g/mol. The van der Waals surface area contributed by atoms with Crippen molar-refractivity contribution in [3.8, 4) is 0 Å². The minimum Gasteiger partial charge on any atom is -0.321 e. The molecule has 4 aliphatic carbocycles. The number of urea groups is 1. The highest BCUT2D eigenvalue weighted by molar-refractivity contribution is 6.07. The molecule has 124 valence electrons. The molecule has 3 fully saturated rings. The van der Waals surface area contributed by atoms with Crippen molar-refractivity contribution < 1.29 is 9.59 Å². The van der Waals surface area contributed by atoms with Gasteiger partial charge in [-0.05, 0) is 48.5 Å². The molecular weight excluding hydrogens is 290 g/mol. The average Bonchev–Trinajstić information content (AvgIpc) is 2.76. The first-order valence-corrected chi connectivity index (χ1v) is 8.85. The van der Waals surface area contributed by atoms with Crippen molar-refractivity contribution in [1.29, 1.82) is 0 Å². The Labute approximate surface area is 137 Å². The number of carbonyl (C=O) groups is 2. The zero-order valence-electron chi connectivity index (χ0n) is 14.0. The average molecular weight is 315 g/mol. The van der Waals surface area contributed by atoms with Crippen LogP contribution < -0.4 is 5.32 Å². The highest BCUT2D eigenvalue weighted by Gasteiger charge is 2.53. The predicted molar refractivity (Wildman–Crippen MR) is 87.8 cm³/mol. The van der Waals surface area contributed by atoms with E-state index < -0.39 is 5.54 Å². The molecule has 5 nitrogen and oxygen atoms in total. The molecule has 1 N–H and O–H groups in total. The van der Waals surface area contributed by atoms with Crippen molar-refractivity contribution in [2.24, 2.45) is 22.4 Å². The van der Waals surface area contributed by atoms with E-state index >= 15 is 0 Å². The van der Waals surface area contributed by atoms with Crippen LogP contribution >= 0.6 is 0 Å². The Hall–Kier alpha value is -1.65. The lowest BCUT2D eigenvalue weighted by Crippen LogP contribution is -2.48. The third kappa shape index (κ3) is 2.08. The lowest BCUT2D eigenvalue weighted by Gasteiger charge is -2.55. The Balaban J connectivity index is 1.52. The summed E-state index contributed by atoms with van der Waals surface area (Å²) in [5.74, 6) is 1.11. The fraction of sp³-hybridized carbons (Fsp3) is 0.722. The van der Waals surface area contributed by atoms with Crippen LogP contribution in [-0.4, -0.2) is 28.7 Å². The van der Waals surface area contributed by atoms with Crippen LogP contribution in [0.2, 0.25) is 0 Å². The van der Waals surface area contributed by atoms with Crippen LogP contribution in [-0.2, 0) is 4.79 Å². The number of hydrogen-bond acceptors (Lipinski definition) is 3. The van der Waals surface area contributed by atoms with E-state index in [4.69, 9.17) is 0 Å². The van der Waals surface area contributed by atoms with Gasteiger partial charge in [-0.2, -0.15) is 5.10 Å². The van der Waals surface area contributed by atoms with E-state index in [9.17, 15) is 9.59 Å². The molecule has 2 bridgehead atoms. The second-order valence-corrected chi connectivity index (χ2v) is 8.18. The third-order valence-corrected chi connectivity index (χ3v) is 6.68. The van der Waals surface area contributed by atoms with E-state index in [0.717, 1.165) is 49.5 Å². The number of hydrogen-bond donors (Lipinski definition) is 1. The van der Waals surface area contributed by atoms with Gasteiger partial charge in [0, 0.05) is 0 Å². The summed E-state index contributed by atoms with van der Waals surface area (Å²) < 4.78 is 0. The number of allylic oxidation sites excluding steroid dienone is 2. The van der Waals surface area contributed by atoms with Gasteiger partial charge in [0.25, 0.3) is 5.91 Å². The van der Waals surface area contributed by atoms with Gasteiger partial charge < -0.3 is 5.32 Å². The Morgan fingerprint density at radius 3 is 2.65 bits per heavy atom. The molecule has 2 saturated carbocycles. The van der Waals surface area contributed by atoms with Crippen molar-refractivity contribution in [2.75, 3.05) is 0 Å². The highest BCUT2D eigenvalue weighted by atomic mass is 16.2. The molecule has 5 aliphatic rings. The van der Waals surface area contributed by atoms with Gasteiger partial charge in [-0.1, -0.05) is 39.2 Å². The molecule has 0 radical (unpaired) electrons. The van der Waals surface area contributed by atoms with E-state index in [2.05, 4.69) is 30.3 Å². The first-order valence-electron chi connectivity index (χ1n) is 8.85. The molecular formula is C18H25N3O2. The number of carbonyl (C=O) groups excluding carboxylic acids is 2. The maximum Gasteiger partial charge on any atom is 0.346 e. The summed E-state index contributed by atoms with van der Waals surface area (Å²) in [6.45, 7) is 4.61. The molecule has 23 heavy (non-hydrogen) atoms. The second kappa shape index (κ2) is 4.92. The Morgan fingerprint density at radius 1 is 1.26 bits per heavy atom.